The van der Waals surface area contributed by atoms with Crippen molar-refractivity contribution in [3.8, 4) is 0 Å². The number of carbonyl (C=O) groups excluding carboxylic acids is 2. The van der Waals surface area contributed by atoms with Gasteiger partial charge in [-0.05, 0) is 48.5 Å². The van der Waals surface area contributed by atoms with Crippen LogP contribution in [-0.2, 0) is 14.8 Å². The fourth-order valence-electron chi connectivity index (χ4n) is 2.29. The number of benzene rings is 2. The first-order valence-electron chi connectivity index (χ1n) is 8.13. The molecule has 0 radical (unpaired) electrons. The lowest BCUT2D eigenvalue weighted by atomic mass is 10.2. The van der Waals surface area contributed by atoms with Gasteiger partial charge in [-0.15, -0.1) is 0 Å². The van der Waals surface area contributed by atoms with Crippen LogP contribution >= 0.6 is 11.6 Å². The van der Waals surface area contributed by atoms with Crippen molar-refractivity contribution in [1.82, 2.24) is 9.62 Å². The lowest BCUT2D eigenvalue weighted by molar-refractivity contribution is -0.116. The summed E-state index contributed by atoms with van der Waals surface area (Å²) in [6.45, 7) is 1.80. The van der Waals surface area contributed by atoms with Gasteiger partial charge in [-0.1, -0.05) is 18.5 Å². The minimum atomic E-state index is -3.58. The van der Waals surface area contributed by atoms with E-state index in [1.165, 1.54) is 36.2 Å². The Morgan fingerprint density at radius 2 is 1.63 bits per heavy atom. The van der Waals surface area contributed by atoms with Crippen molar-refractivity contribution in [2.24, 2.45) is 0 Å². The molecule has 0 aliphatic heterocycles. The number of nitrogens with zero attached hydrogens (tertiary/aromatic N) is 1. The Morgan fingerprint density at radius 3 is 2.19 bits per heavy atom. The van der Waals surface area contributed by atoms with Crippen molar-refractivity contribution in [2.45, 2.75) is 11.8 Å². The van der Waals surface area contributed by atoms with E-state index in [4.69, 9.17) is 11.6 Å². The average Bonchev–Trinajstić information content (AvgIpc) is 2.63. The minimum Gasteiger partial charge on any atom is -0.332 e. The van der Waals surface area contributed by atoms with Gasteiger partial charge in [0.05, 0.1) is 11.4 Å². The Hall–Kier alpha value is -2.42. The number of sulfonamides is 1. The topological polar surface area (TPSA) is 95.6 Å². The Labute approximate surface area is 163 Å². The normalized spacial score (nSPS) is 11.1. The Bertz CT molecular complexity index is 913. The van der Waals surface area contributed by atoms with E-state index in [1.807, 2.05) is 0 Å². The van der Waals surface area contributed by atoms with Crippen LogP contribution in [0, 0.1) is 0 Å². The quantitative estimate of drug-likeness (QED) is 0.733. The zero-order chi connectivity index (χ0) is 20.0. The van der Waals surface area contributed by atoms with Crippen LogP contribution < -0.4 is 10.0 Å². The summed E-state index contributed by atoms with van der Waals surface area (Å²) in [6, 6.07) is 12.2. The number of hydrogen-bond donors (Lipinski definition) is 2. The largest absolute Gasteiger partial charge is 0.332 e. The molecule has 0 fully saturated rings. The van der Waals surface area contributed by atoms with E-state index in [0.717, 1.165) is 0 Å². The molecule has 2 rings (SSSR count). The van der Waals surface area contributed by atoms with Gasteiger partial charge in [0.25, 0.3) is 5.91 Å². The van der Waals surface area contributed by atoms with Crippen molar-refractivity contribution < 1.29 is 18.0 Å². The molecule has 0 aliphatic rings. The van der Waals surface area contributed by atoms with Crippen molar-refractivity contribution in [1.29, 1.82) is 0 Å². The molecule has 0 heterocycles. The maximum absolute atomic E-state index is 12.4. The highest BCUT2D eigenvalue weighted by Gasteiger charge is 2.17. The molecular weight excluding hydrogens is 390 g/mol. The van der Waals surface area contributed by atoms with Crippen molar-refractivity contribution >= 4 is 39.1 Å². The second kappa shape index (κ2) is 8.98. The van der Waals surface area contributed by atoms with Gasteiger partial charge < -0.3 is 10.2 Å². The predicted molar refractivity (Wildman–Crippen MR) is 104 cm³/mol. The lowest BCUT2D eigenvalue weighted by Crippen LogP contribution is -2.35. The van der Waals surface area contributed by atoms with Crippen LogP contribution in [0.15, 0.2) is 53.4 Å². The third-order valence-electron chi connectivity index (χ3n) is 3.60. The molecule has 7 nitrogen and oxygen atoms in total. The molecule has 0 saturated heterocycles. The molecule has 0 bridgehead atoms. The molecule has 2 aromatic carbocycles. The van der Waals surface area contributed by atoms with Gasteiger partial charge in [-0.25, -0.2) is 13.1 Å². The number of nitrogens with one attached hydrogen (secondary N) is 2. The molecule has 2 aromatic rings. The summed E-state index contributed by atoms with van der Waals surface area (Å²) in [5.41, 5.74) is 0.857. The summed E-state index contributed by atoms with van der Waals surface area (Å²) in [5.74, 6) is -0.756. The van der Waals surface area contributed by atoms with E-state index in [0.29, 0.717) is 10.7 Å². The van der Waals surface area contributed by atoms with Crippen molar-refractivity contribution in [3.63, 3.8) is 0 Å². The lowest BCUT2D eigenvalue weighted by Gasteiger charge is -2.17. The van der Waals surface area contributed by atoms with Gasteiger partial charge >= 0.3 is 0 Å². The molecule has 0 unspecified atom stereocenters. The second-order valence-electron chi connectivity index (χ2n) is 5.74. The summed E-state index contributed by atoms with van der Waals surface area (Å²) < 4.78 is 26.2. The molecule has 0 aliphatic carbocycles. The maximum Gasteiger partial charge on any atom is 0.254 e. The van der Waals surface area contributed by atoms with Crippen LogP contribution in [0.3, 0.4) is 0 Å². The Morgan fingerprint density at radius 1 is 1.04 bits per heavy atom. The highest BCUT2D eigenvalue weighted by atomic mass is 35.5. The third-order valence-corrected chi connectivity index (χ3v) is 5.41. The number of likely N-dealkylation sites (N-methyl/N-ethyl adjacent to an activating group) is 1. The summed E-state index contributed by atoms with van der Waals surface area (Å²) in [7, 11) is -2.09. The van der Waals surface area contributed by atoms with E-state index in [2.05, 4.69) is 10.0 Å². The average molecular weight is 410 g/mol. The molecule has 27 heavy (non-hydrogen) atoms. The van der Waals surface area contributed by atoms with Crippen LogP contribution in [-0.4, -0.2) is 45.3 Å². The highest BCUT2D eigenvalue weighted by molar-refractivity contribution is 7.89. The minimum absolute atomic E-state index is 0.0732. The molecule has 0 aromatic heterocycles. The van der Waals surface area contributed by atoms with Gasteiger partial charge in [0, 0.05) is 29.9 Å². The fourth-order valence-corrected chi connectivity index (χ4v) is 3.46. The van der Waals surface area contributed by atoms with E-state index < -0.39 is 15.9 Å². The second-order valence-corrected chi connectivity index (χ2v) is 7.95. The van der Waals surface area contributed by atoms with Gasteiger partial charge in [0.2, 0.25) is 15.9 Å². The molecule has 144 valence electrons. The number of amides is 2. The third kappa shape index (κ3) is 5.78. The molecule has 0 spiro atoms. The number of hydrogen-bond acceptors (Lipinski definition) is 4. The number of rotatable bonds is 7. The SMILES string of the molecule is CCNS(=O)(=O)c1ccc(C(=O)N(C)CC(=O)Nc2ccc(Cl)cc2)cc1. The van der Waals surface area contributed by atoms with Gasteiger partial charge in [-0.2, -0.15) is 0 Å². The maximum atomic E-state index is 12.4. The van der Waals surface area contributed by atoms with Crippen molar-refractivity contribution in [2.75, 3.05) is 25.5 Å². The molecule has 2 N–H and O–H groups in total. The van der Waals surface area contributed by atoms with Gasteiger partial charge in [0.1, 0.15) is 0 Å². The molecule has 0 atom stereocenters. The zero-order valence-corrected chi connectivity index (χ0v) is 16.5. The predicted octanol–water partition coefficient (Wildman–Crippen LogP) is 2.35. The zero-order valence-electron chi connectivity index (χ0n) is 14.9. The van der Waals surface area contributed by atoms with Gasteiger partial charge in [-0.3, -0.25) is 9.59 Å². The van der Waals surface area contributed by atoms with E-state index >= 15 is 0 Å². The smallest absolute Gasteiger partial charge is 0.254 e. The summed E-state index contributed by atoms with van der Waals surface area (Å²) in [5, 5.41) is 3.23. The van der Waals surface area contributed by atoms with Crippen LogP contribution in [0.2, 0.25) is 5.02 Å². The number of anilines is 1. The molecule has 2 amide bonds. The summed E-state index contributed by atoms with van der Waals surface area (Å²) in [6.07, 6.45) is 0. The highest BCUT2D eigenvalue weighted by Crippen LogP contribution is 2.14. The Kier molecular flexibility index (Phi) is 6.95. The number of carbonyl (C=O) groups is 2. The first-order valence-corrected chi connectivity index (χ1v) is 9.99. The Balaban J connectivity index is 2.00. The molecule has 0 saturated carbocycles. The van der Waals surface area contributed by atoms with E-state index in [1.54, 1.807) is 31.2 Å². The molecular formula is C18H20ClN3O4S. The van der Waals surface area contributed by atoms with Crippen LogP contribution in [0.5, 0.6) is 0 Å². The first-order chi connectivity index (χ1) is 12.7. The fraction of sp³-hybridized carbons (Fsp3) is 0.222. The van der Waals surface area contributed by atoms with Crippen molar-refractivity contribution in [3.05, 3.63) is 59.1 Å². The summed E-state index contributed by atoms with van der Waals surface area (Å²) in [4.78, 5) is 25.8. The van der Waals surface area contributed by atoms with E-state index in [-0.39, 0.29) is 29.5 Å². The first kappa shape index (κ1) is 20.9. The van der Waals surface area contributed by atoms with Crippen LogP contribution in [0.4, 0.5) is 5.69 Å². The van der Waals surface area contributed by atoms with Crippen LogP contribution in [0.1, 0.15) is 17.3 Å². The monoisotopic (exact) mass is 409 g/mol. The standard InChI is InChI=1S/C18H20ClN3O4S/c1-3-20-27(25,26)16-10-4-13(5-11-16)18(24)22(2)12-17(23)21-15-8-6-14(19)7-9-15/h4-11,20H,3,12H2,1-2H3,(H,21,23). The van der Waals surface area contributed by atoms with Crippen LogP contribution in [0.25, 0.3) is 0 Å². The summed E-state index contributed by atoms with van der Waals surface area (Å²) >= 11 is 5.79. The molecule has 9 heteroatoms. The van der Waals surface area contributed by atoms with E-state index in [9.17, 15) is 18.0 Å². The van der Waals surface area contributed by atoms with Gasteiger partial charge in [0.15, 0.2) is 0 Å². The number of halogens is 1.